The molecule has 0 aliphatic rings. The molecule has 2 N–H and O–H groups in total. The van der Waals surface area contributed by atoms with Crippen molar-refractivity contribution in [2.24, 2.45) is 0 Å². The molecule has 0 bridgehead atoms. The summed E-state index contributed by atoms with van der Waals surface area (Å²) in [5, 5.41) is 5.81. The number of amides is 2. The van der Waals surface area contributed by atoms with Crippen LogP contribution in [-0.2, 0) is 0 Å². The average Bonchev–Trinajstić information content (AvgIpc) is 2.97. The first kappa shape index (κ1) is 18.6. The third kappa shape index (κ3) is 3.84. The summed E-state index contributed by atoms with van der Waals surface area (Å²) in [6.45, 7) is 9.64. The zero-order chi connectivity index (χ0) is 19.8. The van der Waals surface area contributed by atoms with E-state index in [-0.39, 0.29) is 23.3 Å². The van der Waals surface area contributed by atoms with Gasteiger partial charge in [0, 0.05) is 17.4 Å². The Morgan fingerprint density at radius 2 is 1.74 bits per heavy atom. The molecule has 0 saturated heterocycles. The molecule has 0 aliphatic heterocycles. The largest absolute Gasteiger partial charge is 0.345 e. The van der Waals surface area contributed by atoms with Crippen LogP contribution in [0.4, 0.5) is 5.69 Å². The van der Waals surface area contributed by atoms with Crippen molar-refractivity contribution in [3.05, 3.63) is 65.2 Å². The zero-order valence-electron chi connectivity index (χ0n) is 16.3. The van der Waals surface area contributed by atoms with Crippen molar-refractivity contribution in [3.63, 3.8) is 0 Å². The molecule has 6 heteroatoms. The second-order valence-electron chi connectivity index (χ2n) is 7.65. The summed E-state index contributed by atoms with van der Waals surface area (Å²) in [6.07, 6.45) is 1.73. The highest BCUT2D eigenvalue weighted by molar-refractivity contribution is 6.09. The van der Waals surface area contributed by atoms with Crippen molar-refractivity contribution in [1.29, 1.82) is 0 Å². The van der Waals surface area contributed by atoms with Gasteiger partial charge in [0.2, 0.25) is 5.82 Å². The van der Waals surface area contributed by atoms with Gasteiger partial charge in [0.05, 0.1) is 5.52 Å². The molecule has 0 saturated carbocycles. The summed E-state index contributed by atoms with van der Waals surface area (Å²) in [5.41, 5.74) is 3.22. The smallest absolute Gasteiger partial charge is 0.288 e. The lowest BCUT2D eigenvalue weighted by Crippen LogP contribution is -2.41. The molecular formula is C21H24N4O2. The van der Waals surface area contributed by atoms with Crippen molar-refractivity contribution >= 4 is 23.0 Å². The number of rotatable bonds is 3. The molecule has 0 radical (unpaired) electrons. The molecule has 140 valence electrons. The maximum absolute atomic E-state index is 12.9. The fraction of sp³-hybridized carbons (Fsp3) is 0.286. The molecule has 3 rings (SSSR count). The van der Waals surface area contributed by atoms with Crippen LogP contribution in [0.25, 0.3) is 5.52 Å². The van der Waals surface area contributed by atoms with E-state index in [1.807, 2.05) is 58.9 Å². The number of hydrogen-bond acceptors (Lipinski definition) is 3. The van der Waals surface area contributed by atoms with E-state index in [4.69, 9.17) is 0 Å². The third-order valence-corrected chi connectivity index (χ3v) is 4.31. The second kappa shape index (κ2) is 6.87. The highest BCUT2D eigenvalue weighted by atomic mass is 16.2. The first-order chi connectivity index (χ1) is 12.7. The molecule has 2 aromatic heterocycles. The van der Waals surface area contributed by atoms with Gasteiger partial charge in [-0.05, 0) is 63.9 Å². The molecule has 0 aliphatic carbocycles. The average molecular weight is 364 g/mol. The summed E-state index contributed by atoms with van der Waals surface area (Å²) in [5.74, 6) is -0.483. The van der Waals surface area contributed by atoms with Crippen molar-refractivity contribution in [2.45, 2.75) is 40.2 Å². The quantitative estimate of drug-likeness (QED) is 0.743. The SMILES string of the molecule is Cc1cccc(NC(=O)c2nc(C(=O)NC(C)(C)C)n3ccccc23)c1C. The number of anilines is 1. The lowest BCUT2D eigenvalue weighted by Gasteiger charge is -2.19. The minimum Gasteiger partial charge on any atom is -0.345 e. The molecule has 2 amide bonds. The van der Waals surface area contributed by atoms with Crippen molar-refractivity contribution in [3.8, 4) is 0 Å². The van der Waals surface area contributed by atoms with Gasteiger partial charge in [-0.25, -0.2) is 4.98 Å². The number of imidazole rings is 1. The van der Waals surface area contributed by atoms with Crippen LogP contribution < -0.4 is 10.6 Å². The number of nitrogens with one attached hydrogen (secondary N) is 2. The molecule has 1 aromatic carbocycles. The Kier molecular flexibility index (Phi) is 4.74. The molecule has 0 fully saturated rings. The van der Waals surface area contributed by atoms with Gasteiger partial charge in [-0.15, -0.1) is 0 Å². The Hall–Kier alpha value is -3.15. The fourth-order valence-electron chi connectivity index (χ4n) is 2.83. The van der Waals surface area contributed by atoms with Gasteiger partial charge >= 0.3 is 0 Å². The molecule has 3 aromatic rings. The van der Waals surface area contributed by atoms with Crippen LogP contribution in [-0.4, -0.2) is 26.7 Å². The Morgan fingerprint density at radius 1 is 1.00 bits per heavy atom. The van der Waals surface area contributed by atoms with E-state index in [0.29, 0.717) is 5.52 Å². The van der Waals surface area contributed by atoms with Gasteiger partial charge in [0.1, 0.15) is 0 Å². The van der Waals surface area contributed by atoms with Gasteiger partial charge in [-0.3, -0.25) is 14.0 Å². The molecule has 2 heterocycles. The summed E-state index contributed by atoms with van der Waals surface area (Å²) in [6, 6.07) is 11.1. The van der Waals surface area contributed by atoms with Crippen LogP contribution in [0.1, 0.15) is 53.0 Å². The fourth-order valence-corrected chi connectivity index (χ4v) is 2.83. The van der Waals surface area contributed by atoms with Crippen LogP contribution in [0.5, 0.6) is 0 Å². The molecule has 27 heavy (non-hydrogen) atoms. The predicted octanol–water partition coefficient (Wildman–Crippen LogP) is 3.73. The standard InChI is InChI=1S/C21H24N4O2/c1-13-9-8-10-15(14(13)2)22-19(26)17-16-11-6-7-12-25(16)18(23-17)20(27)24-21(3,4)5/h6-12H,1-5H3,(H,22,26)(H,24,27). The van der Waals surface area contributed by atoms with E-state index in [0.717, 1.165) is 16.8 Å². The van der Waals surface area contributed by atoms with E-state index in [1.54, 1.807) is 22.7 Å². The number of fused-ring (bicyclic) bond motifs is 1. The normalized spacial score (nSPS) is 11.4. The lowest BCUT2D eigenvalue weighted by molar-refractivity contribution is 0.0908. The summed E-state index contributed by atoms with van der Waals surface area (Å²) in [4.78, 5) is 29.9. The Morgan fingerprint density at radius 3 is 2.44 bits per heavy atom. The van der Waals surface area contributed by atoms with Crippen LogP contribution >= 0.6 is 0 Å². The Labute approximate surface area is 158 Å². The summed E-state index contributed by atoms with van der Waals surface area (Å²) >= 11 is 0. The number of aromatic nitrogens is 2. The van der Waals surface area contributed by atoms with E-state index in [2.05, 4.69) is 15.6 Å². The van der Waals surface area contributed by atoms with E-state index < -0.39 is 5.54 Å². The lowest BCUT2D eigenvalue weighted by atomic mass is 10.1. The molecule has 0 spiro atoms. The Balaban J connectivity index is 2.01. The van der Waals surface area contributed by atoms with Crippen molar-refractivity contribution < 1.29 is 9.59 Å². The maximum Gasteiger partial charge on any atom is 0.288 e. The first-order valence-electron chi connectivity index (χ1n) is 8.84. The number of pyridine rings is 1. The van der Waals surface area contributed by atoms with E-state index in [1.165, 1.54) is 0 Å². The number of nitrogens with zero attached hydrogens (tertiary/aromatic N) is 2. The summed E-state index contributed by atoms with van der Waals surface area (Å²) < 4.78 is 1.64. The van der Waals surface area contributed by atoms with E-state index in [9.17, 15) is 9.59 Å². The van der Waals surface area contributed by atoms with Gasteiger partial charge in [-0.2, -0.15) is 0 Å². The first-order valence-corrected chi connectivity index (χ1v) is 8.84. The number of hydrogen-bond donors (Lipinski definition) is 2. The number of carbonyl (C=O) groups excluding carboxylic acids is 2. The van der Waals surface area contributed by atoms with Gasteiger partial charge < -0.3 is 10.6 Å². The molecule has 0 atom stereocenters. The van der Waals surface area contributed by atoms with Crippen LogP contribution in [0.3, 0.4) is 0 Å². The predicted molar refractivity (Wildman–Crippen MR) is 106 cm³/mol. The number of aryl methyl sites for hydroxylation is 1. The van der Waals surface area contributed by atoms with Crippen LogP contribution in [0.2, 0.25) is 0 Å². The minimum absolute atomic E-state index is 0.187. The molecule has 0 unspecified atom stereocenters. The number of benzene rings is 1. The zero-order valence-corrected chi connectivity index (χ0v) is 16.3. The van der Waals surface area contributed by atoms with Crippen LogP contribution in [0.15, 0.2) is 42.6 Å². The minimum atomic E-state index is -0.404. The maximum atomic E-state index is 12.9. The summed E-state index contributed by atoms with van der Waals surface area (Å²) in [7, 11) is 0. The van der Waals surface area contributed by atoms with Crippen LogP contribution in [0, 0.1) is 13.8 Å². The van der Waals surface area contributed by atoms with Crippen molar-refractivity contribution in [1.82, 2.24) is 14.7 Å². The van der Waals surface area contributed by atoms with Gasteiger partial charge in [-0.1, -0.05) is 18.2 Å². The molecular weight excluding hydrogens is 340 g/mol. The van der Waals surface area contributed by atoms with Gasteiger partial charge in [0.15, 0.2) is 5.69 Å². The monoisotopic (exact) mass is 364 g/mol. The highest BCUT2D eigenvalue weighted by Gasteiger charge is 2.24. The van der Waals surface area contributed by atoms with Crippen molar-refractivity contribution in [2.75, 3.05) is 5.32 Å². The number of carbonyl (C=O) groups is 2. The van der Waals surface area contributed by atoms with E-state index >= 15 is 0 Å². The van der Waals surface area contributed by atoms with Gasteiger partial charge in [0.25, 0.3) is 11.8 Å². The third-order valence-electron chi connectivity index (χ3n) is 4.31. The second-order valence-corrected chi connectivity index (χ2v) is 7.65. The topological polar surface area (TPSA) is 75.5 Å². The highest BCUT2D eigenvalue weighted by Crippen LogP contribution is 2.20. The molecule has 6 nitrogen and oxygen atoms in total. The Bertz CT molecular complexity index is 1030.